The predicted octanol–water partition coefficient (Wildman–Crippen LogP) is -3.40. The van der Waals surface area contributed by atoms with Gasteiger partial charge < -0.3 is 44.3 Å². The van der Waals surface area contributed by atoms with Crippen molar-refractivity contribution >= 4 is 0 Å². The molecule has 25 heavy (non-hydrogen) atoms. The molecule has 0 spiro atoms. The van der Waals surface area contributed by atoms with E-state index in [4.69, 9.17) is 23.7 Å². The normalized spacial score (nSPS) is 50.2. The van der Waals surface area contributed by atoms with Gasteiger partial charge in [0, 0.05) is 7.11 Å². The van der Waals surface area contributed by atoms with Crippen LogP contribution in [0.4, 0.5) is 0 Å². The molecule has 10 unspecified atom stereocenters. The molecule has 3 fully saturated rings. The Labute approximate surface area is 143 Å². The second-order valence-electron chi connectivity index (χ2n) is 6.31. The molecule has 146 valence electrons. The maximum atomic E-state index is 10.4. The van der Waals surface area contributed by atoms with Gasteiger partial charge in [0.15, 0.2) is 6.29 Å². The van der Waals surface area contributed by atoms with Crippen molar-refractivity contribution in [3.05, 3.63) is 0 Å². The van der Waals surface area contributed by atoms with Crippen molar-refractivity contribution in [2.75, 3.05) is 20.3 Å². The molecule has 0 aliphatic carbocycles. The molecule has 0 radical (unpaired) electrons. The highest BCUT2D eigenvalue weighted by Gasteiger charge is 2.54. The van der Waals surface area contributed by atoms with Crippen LogP contribution in [0.25, 0.3) is 0 Å². The van der Waals surface area contributed by atoms with E-state index in [1.165, 1.54) is 7.11 Å². The molecule has 3 N–H and O–H groups in total. The molecule has 0 aromatic rings. The molecule has 3 saturated heterocycles. The zero-order valence-corrected chi connectivity index (χ0v) is 13.8. The monoisotopic (exact) mass is 367 g/mol. The van der Waals surface area contributed by atoms with Crippen molar-refractivity contribution in [3.8, 4) is 0 Å². The number of rotatable bonds is 6. The minimum atomic E-state index is -1.34. The summed E-state index contributed by atoms with van der Waals surface area (Å²) in [7, 11) is 1.30. The van der Waals surface area contributed by atoms with Gasteiger partial charge in [-0.1, -0.05) is 0 Å². The van der Waals surface area contributed by atoms with E-state index in [1.807, 2.05) is 0 Å². The average Bonchev–Trinajstić information content (AvgIpc) is 2.91. The standard InChI is InChI=1S/C14H24O11/c1-5-8(16)13-10(7(21-5)4-20-13)23-14-9(17)12(19-2)11(24-25-18)6(3-15)22-14/h5-18H,3-4H2,1-2H3/p-1. The Hall–Kier alpha value is -0.440. The Kier molecular flexibility index (Phi) is 6.23. The van der Waals surface area contributed by atoms with Gasteiger partial charge in [0.2, 0.25) is 0 Å². The predicted molar refractivity (Wildman–Crippen MR) is 73.5 cm³/mol. The Morgan fingerprint density at radius 2 is 1.88 bits per heavy atom. The molecule has 10 atom stereocenters. The summed E-state index contributed by atoms with van der Waals surface area (Å²) in [5.74, 6) is 0. The van der Waals surface area contributed by atoms with Crippen LogP contribution in [0.15, 0.2) is 0 Å². The molecule has 11 nitrogen and oxygen atoms in total. The quantitative estimate of drug-likeness (QED) is 0.319. The zero-order valence-electron chi connectivity index (χ0n) is 13.8. The third-order valence-electron chi connectivity index (χ3n) is 4.86. The van der Waals surface area contributed by atoms with Crippen LogP contribution >= 0.6 is 0 Å². The van der Waals surface area contributed by atoms with E-state index in [1.54, 1.807) is 6.92 Å². The number of hydrogen-bond acceptors (Lipinski definition) is 11. The van der Waals surface area contributed by atoms with Gasteiger partial charge in [-0.25, -0.2) is 4.89 Å². The summed E-state index contributed by atoms with van der Waals surface area (Å²) in [5, 5.41) is 43.8. The highest BCUT2D eigenvalue weighted by atomic mass is 17.5. The summed E-state index contributed by atoms with van der Waals surface area (Å²) in [6.07, 6.45) is -8.79. The number of fused-ring (bicyclic) bond motifs is 2. The number of aliphatic hydroxyl groups excluding tert-OH is 3. The molecule has 2 bridgehead atoms. The molecule has 3 aliphatic rings. The Balaban J connectivity index is 1.72. The molecule has 3 aliphatic heterocycles. The summed E-state index contributed by atoms with van der Waals surface area (Å²) >= 11 is 0. The fourth-order valence-electron chi connectivity index (χ4n) is 3.55. The average molecular weight is 367 g/mol. The number of ether oxygens (including phenoxy) is 5. The Morgan fingerprint density at radius 3 is 2.52 bits per heavy atom. The summed E-state index contributed by atoms with van der Waals surface area (Å²) in [6.45, 7) is 1.45. The summed E-state index contributed by atoms with van der Waals surface area (Å²) in [4.78, 5) is 4.51. The highest BCUT2D eigenvalue weighted by molar-refractivity contribution is 4.99. The number of aliphatic hydroxyl groups is 3. The van der Waals surface area contributed by atoms with Gasteiger partial charge in [0.1, 0.15) is 48.8 Å². The van der Waals surface area contributed by atoms with E-state index >= 15 is 0 Å². The zero-order chi connectivity index (χ0) is 18.1. The first-order chi connectivity index (χ1) is 12.0. The maximum Gasteiger partial charge on any atom is 0.187 e. The van der Waals surface area contributed by atoms with Crippen LogP contribution in [0, 0.1) is 0 Å². The smallest absolute Gasteiger partial charge is 0.187 e. The molecule has 0 saturated carbocycles. The van der Waals surface area contributed by atoms with E-state index in [2.05, 4.69) is 9.93 Å². The minimum absolute atomic E-state index is 0.243. The molecular formula is C14H23O11-. The molecule has 3 rings (SSSR count). The largest absolute Gasteiger partial charge is 0.692 e. The van der Waals surface area contributed by atoms with Crippen LogP contribution in [0.5, 0.6) is 0 Å². The maximum absolute atomic E-state index is 10.4. The van der Waals surface area contributed by atoms with E-state index in [-0.39, 0.29) is 6.61 Å². The summed E-state index contributed by atoms with van der Waals surface area (Å²) in [6, 6.07) is 0. The first-order valence-corrected chi connectivity index (χ1v) is 8.04. The van der Waals surface area contributed by atoms with Gasteiger partial charge in [0.25, 0.3) is 0 Å². The number of hydrogen-bond donors (Lipinski definition) is 3. The van der Waals surface area contributed by atoms with Crippen LogP contribution in [-0.4, -0.2) is 96.9 Å². The van der Waals surface area contributed by atoms with Gasteiger partial charge in [-0.3, -0.25) is 5.04 Å². The van der Waals surface area contributed by atoms with Gasteiger partial charge in [-0.05, 0) is 6.92 Å². The van der Waals surface area contributed by atoms with Crippen molar-refractivity contribution < 1.29 is 54.2 Å². The fourth-order valence-corrected chi connectivity index (χ4v) is 3.55. The van der Waals surface area contributed by atoms with E-state index in [0.717, 1.165) is 0 Å². The lowest BCUT2D eigenvalue weighted by Gasteiger charge is -2.45. The third kappa shape index (κ3) is 3.55. The molecular weight excluding hydrogens is 344 g/mol. The van der Waals surface area contributed by atoms with Crippen LogP contribution in [0.2, 0.25) is 0 Å². The lowest BCUT2D eigenvalue weighted by atomic mass is 9.96. The topological polar surface area (TPSA) is 148 Å². The SMILES string of the molecule is COC1C(O)C(OC2C3COC2C(O)C(C)O3)OC(CO)C1OO[O-]. The first-order valence-electron chi connectivity index (χ1n) is 8.04. The second kappa shape index (κ2) is 8.06. The molecule has 0 aromatic carbocycles. The van der Waals surface area contributed by atoms with E-state index in [0.29, 0.717) is 0 Å². The Bertz CT molecular complexity index is 437. The third-order valence-corrected chi connectivity index (χ3v) is 4.86. The van der Waals surface area contributed by atoms with Crippen molar-refractivity contribution in [1.29, 1.82) is 0 Å². The van der Waals surface area contributed by atoms with Gasteiger partial charge in [-0.2, -0.15) is 0 Å². The molecule has 0 aromatic heterocycles. The highest BCUT2D eigenvalue weighted by Crippen LogP contribution is 2.35. The van der Waals surface area contributed by atoms with Gasteiger partial charge in [0.05, 0.1) is 19.3 Å². The van der Waals surface area contributed by atoms with Crippen molar-refractivity contribution in [2.24, 2.45) is 0 Å². The lowest BCUT2D eigenvalue weighted by Crippen LogP contribution is -2.63. The summed E-state index contributed by atoms with van der Waals surface area (Å²) < 4.78 is 27.6. The Morgan fingerprint density at radius 1 is 1.12 bits per heavy atom. The molecule has 11 heteroatoms. The van der Waals surface area contributed by atoms with E-state index in [9.17, 15) is 20.6 Å². The van der Waals surface area contributed by atoms with E-state index < -0.39 is 67.8 Å². The van der Waals surface area contributed by atoms with Crippen LogP contribution in [0.1, 0.15) is 6.92 Å². The minimum Gasteiger partial charge on any atom is -0.692 e. The van der Waals surface area contributed by atoms with Crippen LogP contribution in [0.3, 0.4) is 0 Å². The fraction of sp³-hybridized carbons (Fsp3) is 1.00. The van der Waals surface area contributed by atoms with Crippen LogP contribution in [-0.2, 0) is 33.6 Å². The van der Waals surface area contributed by atoms with Crippen molar-refractivity contribution in [3.63, 3.8) is 0 Å². The molecule has 0 amide bonds. The lowest BCUT2D eigenvalue weighted by molar-refractivity contribution is -0.808. The molecule has 3 heterocycles. The first kappa shape index (κ1) is 19.3. The number of methoxy groups -OCH3 is 1. The second-order valence-corrected chi connectivity index (χ2v) is 6.31. The van der Waals surface area contributed by atoms with Crippen LogP contribution < -0.4 is 5.26 Å². The van der Waals surface area contributed by atoms with Crippen molar-refractivity contribution in [1.82, 2.24) is 0 Å². The van der Waals surface area contributed by atoms with Gasteiger partial charge >= 0.3 is 0 Å². The van der Waals surface area contributed by atoms with Crippen molar-refractivity contribution in [2.45, 2.75) is 68.1 Å². The summed E-state index contributed by atoms with van der Waals surface area (Å²) in [5.41, 5.74) is 0. The van der Waals surface area contributed by atoms with Gasteiger partial charge in [-0.15, -0.1) is 0 Å².